The third-order valence-corrected chi connectivity index (χ3v) is 3.64. The smallest absolute Gasteiger partial charge is 0.354 e. The predicted molar refractivity (Wildman–Crippen MR) is 71.1 cm³/mol. The molecule has 0 bridgehead atoms. The zero-order valence-electron chi connectivity index (χ0n) is 10.8. The molecule has 1 saturated heterocycles. The lowest BCUT2D eigenvalue weighted by Gasteiger charge is -2.31. The third kappa shape index (κ3) is 2.81. The Balaban J connectivity index is 2.26. The Bertz CT molecular complexity index is 420. The van der Waals surface area contributed by atoms with E-state index in [2.05, 4.69) is 16.8 Å². The van der Waals surface area contributed by atoms with Crippen molar-refractivity contribution < 1.29 is 9.90 Å². The molecule has 0 radical (unpaired) electrons. The summed E-state index contributed by atoms with van der Waals surface area (Å²) in [7, 11) is 0. The second-order valence-electron chi connectivity index (χ2n) is 4.81. The van der Waals surface area contributed by atoms with Gasteiger partial charge in [0.1, 0.15) is 5.69 Å². The summed E-state index contributed by atoms with van der Waals surface area (Å²) in [6.45, 7) is 3.21. The first-order valence-corrected chi connectivity index (χ1v) is 6.68. The Morgan fingerprint density at radius 2 is 2.33 bits per heavy atom. The summed E-state index contributed by atoms with van der Waals surface area (Å²) in [5.74, 6) is -0.959. The second-order valence-corrected chi connectivity index (χ2v) is 4.81. The quantitative estimate of drug-likeness (QED) is 0.893. The molecule has 18 heavy (non-hydrogen) atoms. The molecule has 0 spiro atoms. The molecule has 4 nitrogen and oxygen atoms in total. The summed E-state index contributed by atoms with van der Waals surface area (Å²) in [6.07, 6.45) is 7.61. The van der Waals surface area contributed by atoms with Crippen LogP contribution >= 0.6 is 0 Å². The van der Waals surface area contributed by atoms with Crippen LogP contribution in [0.2, 0.25) is 0 Å². The van der Waals surface area contributed by atoms with Crippen LogP contribution in [0.3, 0.4) is 0 Å². The van der Waals surface area contributed by atoms with Gasteiger partial charge < -0.3 is 10.0 Å². The van der Waals surface area contributed by atoms with Crippen LogP contribution in [0.4, 0.5) is 5.69 Å². The van der Waals surface area contributed by atoms with Crippen molar-refractivity contribution in [2.75, 3.05) is 11.4 Å². The molecule has 0 saturated carbocycles. The first-order chi connectivity index (χ1) is 8.72. The summed E-state index contributed by atoms with van der Waals surface area (Å²) < 4.78 is 0. The molecule has 1 fully saturated rings. The molecular formula is C14H20N2O2. The van der Waals surface area contributed by atoms with Gasteiger partial charge in [-0.2, -0.15) is 0 Å². The van der Waals surface area contributed by atoms with Gasteiger partial charge in [-0.25, -0.2) is 9.78 Å². The van der Waals surface area contributed by atoms with Crippen molar-refractivity contribution in [1.82, 2.24) is 4.98 Å². The number of hydrogen-bond donors (Lipinski definition) is 1. The Labute approximate surface area is 108 Å². The highest BCUT2D eigenvalue weighted by molar-refractivity contribution is 5.86. The lowest BCUT2D eigenvalue weighted by Crippen LogP contribution is -2.34. The number of aromatic nitrogens is 1. The number of carbonyl (C=O) groups is 1. The number of carboxylic acid groups (broad SMARTS) is 1. The number of nitrogens with zero attached hydrogens (tertiary/aromatic N) is 2. The highest BCUT2D eigenvalue weighted by Gasteiger charge is 2.20. The number of anilines is 1. The van der Waals surface area contributed by atoms with Gasteiger partial charge in [-0.05, 0) is 31.4 Å². The average Bonchev–Trinajstić information content (AvgIpc) is 2.63. The third-order valence-electron chi connectivity index (χ3n) is 3.64. The van der Waals surface area contributed by atoms with Crippen LogP contribution in [0.1, 0.15) is 49.5 Å². The van der Waals surface area contributed by atoms with E-state index in [4.69, 9.17) is 5.11 Å². The molecule has 1 unspecified atom stereocenters. The second kappa shape index (κ2) is 5.85. The van der Waals surface area contributed by atoms with Crippen molar-refractivity contribution in [3.8, 4) is 0 Å². The van der Waals surface area contributed by atoms with E-state index in [0.717, 1.165) is 18.7 Å². The molecule has 98 valence electrons. The maximum Gasteiger partial charge on any atom is 0.354 e. The van der Waals surface area contributed by atoms with Crippen LogP contribution in [0, 0.1) is 0 Å². The summed E-state index contributed by atoms with van der Waals surface area (Å²) in [6, 6.07) is 4.13. The zero-order chi connectivity index (χ0) is 13.0. The summed E-state index contributed by atoms with van der Waals surface area (Å²) in [4.78, 5) is 17.2. The molecule has 1 aliphatic rings. The molecule has 1 atom stereocenters. The largest absolute Gasteiger partial charge is 0.477 e. The SMILES string of the molecule is CCC1CCCCCN1c1ccnc(C(=O)O)c1. The predicted octanol–water partition coefficient (Wildman–Crippen LogP) is 2.94. The van der Waals surface area contributed by atoms with Crippen LogP contribution in [-0.4, -0.2) is 28.6 Å². The Kier molecular flexibility index (Phi) is 4.18. The van der Waals surface area contributed by atoms with Crippen LogP contribution in [0.15, 0.2) is 18.3 Å². The lowest BCUT2D eigenvalue weighted by atomic mass is 10.1. The van der Waals surface area contributed by atoms with Crippen molar-refractivity contribution in [1.29, 1.82) is 0 Å². The summed E-state index contributed by atoms with van der Waals surface area (Å²) in [5.41, 5.74) is 1.13. The zero-order valence-corrected chi connectivity index (χ0v) is 10.8. The van der Waals surface area contributed by atoms with Crippen molar-refractivity contribution >= 4 is 11.7 Å². The fraction of sp³-hybridized carbons (Fsp3) is 0.571. The number of pyridine rings is 1. The van der Waals surface area contributed by atoms with Gasteiger partial charge in [-0.1, -0.05) is 19.8 Å². The molecule has 1 aromatic rings. The van der Waals surface area contributed by atoms with Gasteiger partial charge in [0.2, 0.25) is 0 Å². The molecule has 0 aromatic carbocycles. The van der Waals surface area contributed by atoms with E-state index in [1.165, 1.54) is 25.7 Å². The molecule has 0 aliphatic carbocycles. The number of aromatic carboxylic acids is 1. The van der Waals surface area contributed by atoms with Gasteiger partial charge in [0.05, 0.1) is 0 Å². The Morgan fingerprint density at radius 3 is 3.06 bits per heavy atom. The topological polar surface area (TPSA) is 53.4 Å². The molecular weight excluding hydrogens is 228 g/mol. The van der Waals surface area contributed by atoms with Crippen molar-refractivity contribution in [2.45, 2.75) is 45.1 Å². The van der Waals surface area contributed by atoms with Crippen LogP contribution in [0.5, 0.6) is 0 Å². The van der Waals surface area contributed by atoms with Gasteiger partial charge in [-0.3, -0.25) is 0 Å². The van der Waals surface area contributed by atoms with E-state index in [0.29, 0.717) is 6.04 Å². The molecule has 2 heterocycles. The van der Waals surface area contributed by atoms with Gasteiger partial charge in [-0.15, -0.1) is 0 Å². The fourth-order valence-electron chi connectivity index (χ4n) is 2.66. The molecule has 4 heteroatoms. The number of rotatable bonds is 3. The Hall–Kier alpha value is -1.58. The molecule has 1 aromatic heterocycles. The minimum absolute atomic E-state index is 0.131. The first-order valence-electron chi connectivity index (χ1n) is 6.68. The van der Waals surface area contributed by atoms with Crippen LogP contribution in [0.25, 0.3) is 0 Å². The van der Waals surface area contributed by atoms with Crippen molar-refractivity contribution in [3.05, 3.63) is 24.0 Å². The maximum atomic E-state index is 11.0. The van der Waals surface area contributed by atoms with Crippen molar-refractivity contribution in [3.63, 3.8) is 0 Å². The standard InChI is InChI=1S/C14H20N2O2/c1-2-11-6-4-3-5-9-16(11)12-7-8-15-13(10-12)14(17)18/h7-8,10-11H,2-6,9H2,1H3,(H,17,18). The Morgan fingerprint density at radius 1 is 1.50 bits per heavy atom. The van der Waals surface area contributed by atoms with Crippen LogP contribution in [-0.2, 0) is 0 Å². The van der Waals surface area contributed by atoms with E-state index in [1.54, 1.807) is 12.3 Å². The van der Waals surface area contributed by atoms with Crippen LogP contribution < -0.4 is 4.90 Å². The van der Waals surface area contributed by atoms with E-state index in [-0.39, 0.29) is 5.69 Å². The number of carboxylic acids is 1. The van der Waals surface area contributed by atoms with E-state index in [9.17, 15) is 4.79 Å². The first kappa shape index (κ1) is 12.9. The van der Waals surface area contributed by atoms with Gasteiger partial charge in [0, 0.05) is 24.5 Å². The minimum atomic E-state index is -0.959. The van der Waals surface area contributed by atoms with E-state index in [1.807, 2.05) is 6.07 Å². The van der Waals surface area contributed by atoms with Gasteiger partial charge >= 0.3 is 5.97 Å². The average molecular weight is 248 g/mol. The minimum Gasteiger partial charge on any atom is -0.477 e. The highest BCUT2D eigenvalue weighted by atomic mass is 16.4. The molecule has 1 N–H and O–H groups in total. The normalized spacial score (nSPS) is 20.5. The summed E-state index contributed by atoms with van der Waals surface area (Å²) in [5, 5.41) is 9.01. The maximum absolute atomic E-state index is 11.0. The van der Waals surface area contributed by atoms with Gasteiger partial charge in [0.25, 0.3) is 0 Å². The number of hydrogen-bond acceptors (Lipinski definition) is 3. The molecule has 1 aliphatic heterocycles. The van der Waals surface area contributed by atoms with Gasteiger partial charge in [0.15, 0.2) is 0 Å². The van der Waals surface area contributed by atoms with E-state index < -0.39 is 5.97 Å². The fourth-order valence-corrected chi connectivity index (χ4v) is 2.66. The summed E-state index contributed by atoms with van der Waals surface area (Å²) >= 11 is 0. The highest BCUT2D eigenvalue weighted by Crippen LogP contribution is 2.25. The van der Waals surface area contributed by atoms with E-state index >= 15 is 0 Å². The lowest BCUT2D eigenvalue weighted by molar-refractivity contribution is 0.0690. The monoisotopic (exact) mass is 248 g/mol. The molecule has 0 amide bonds. The molecule has 2 rings (SSSR count). The van der Waals surface area contributed by atoms with Crippen molar-refractivity contribution in [2.24, 2.45) is 0 Å².